The summed E-state index contributed by atoms with van der Waals surface area (Å²) in [4.78, 5) is 10.9. The molecule has 3 nitrogen and oxygen atoms in total. The van der Waals surface area contributed by atoms with Crippen molar-refractivity contribution >= 4 is 0 Å². The first-order chi connectivity index (χ1) is 5.74. The molecule has 0 atom stereocenters. The van der Waals surface area contributed by atoms with Gasteiger partial charge in [-0.1, -0.05) is 0 Å². The monoisotopic (exact) mass is 346 g/mol. The maximum absolute atomic E-state index is 10.9. The van der Waals surface area contributed by atoms with E-state index in [2.05, 4.69) is 6.92 Å². The van der Waals surface area contributed by atoms with Gasteiger partial charge in [-0.15, -0.1) is 0 Å². The summed E-state index contributed by atoms with van der Waals surface area (Å²) in [5.74, 6) is 0.0229. The molecule has 0 aliphatic rings. The zero-order valence-corrected chi connectivity index (χ0v) is 14.3. The van der Waals surface area contributed by atoms with Crippen LogP contribution in [0.2, 0.25) is 0 Å². The smallest absolute Gasteiger partial charge is 0.254 e. The van der Waals surface area contributed by atoms with Crippen molar-refractivity contribution in [2.45, 2.75) is 20.4 Å². The van der Waals surface area contributed by atoms with Gasteiger partial charge in [0.05, 0.1) is 0 Å². The molecule has 1 heterocycles. The van der Waals surface area contributed by atoms with Gasteiger partial charge in [0.1, 0.15) is 5.75 Å². The van der Waals surface area contributed by atoms with Gasteiger partial charge in [-0.3, -0.25) is 4.79 Å². The van der Waals surface area contributed by atoms with Crippen LogP contribution >= 0.6 is 0 Å². The van der Waals surface area contributed by atoms with Crippen LogP contribution in [0.15, 0.2) is 23.1 Å². The van der Waals surface area contributed by atoms with Crippen molar-refractivity contribution in [3.63, 3.8) is 0 Å². The van der Waals surface area contributed by atoms with Crippen molar-refractivity contribution in [3.05, 3.63) is 35.6 Å². The van der Waals surface area contributed by atoms with Crippen LogP contribution in [0.1, 0.15) is 13.8 Å². The first kappa shape index (κ1) is 20.4. The fourth-order valence-electron chi connectivity index (χ4n) is 0.759. The number of rotatable bonds is 1. The molecule has 0 saturated heterocycles. The molecule has 0 unspecified atom stereocenters. The van der Waals surface area contributed by atoms with Gasteiger partial charge in [0.2, 0.25) is 0 Å². The minimum Gasteiger partial charge on any atom is -0.508 e. The Hall–Kier alpha value is 0.958. The predicted octanol–water partition coefficient (Wildman–Crippen LogP) is 1.41. The molecule has 74 valence electrons. The zero-order chi connectivity index (χ0) is 9.56. The Morgan fingerprint density at radius 3 is 2.29 bits per heavy atom. The van der Waals surface area contributed by atoms with Crippen LogP contribution in [-0.4, -0.2) is 9.67 Å². The fraction of sp³-hybridized carbons (Fsp3) is 0.333. The van der Waals surface area contributed by atoms with Crippen LogP contribution in [0.5, 0.6) is 5.75 Å². The van der Waals surface area contributed by atoms with E-state index in [0.717, 1.165) is 0 Å². The van der Waals surface area contributed by atoms with Crippen LogP contribution in [-0.2, 0) is 72.0 Å². The molecule has 1 rings (SSSR count). The van der Waals surface area contributed by atoms with E-state index in [1.165, 1.54) is 16.7 Å². The van der Waals surface area contributed by atoms with Gasteiger partial charge >= 0.3 is 0 Å². The summed E-state index contributed by atoms with van der Waals surface area (Å²) in [6.07, 6.45) is 1.57. The van der Waals surface area contributed by atoms with E-state index in [9.17, 15) is 4.79 Å². The van der Waals surface area contributed by atoms with Gasteiger partial charge in [0.25, 0.3) is 5.56 Å². The van der Waals surface area contributed by atoms with E-state index >= 15 is 0 Å². The van der Waals surface area contributed by atoms with Crippen molar-refractivity contribution in [2.24, 2.45) is 0 Å². The minimum atomic E-state index is -0.164. The summed E-state index contributed by atoms with van der Waals surface area (Å²) in [6, 6.07) is 2.69. The maximum atomic E-state index is 10.9. The molecule has 1 N–H and O–H groups in total. The van der Waals surface area contributed by atoms with Gasteiger partial charge < -0.3 is 16.6 Å². The van der Waals surface area contributed by atoms with E-state index in [-0.39, 0.29) is 76.7 Å². The zero-order valence-electron chi connectivity index (χ0n) is 8.60. The SMILES string of the molecule is CCn1ccc(O)cc1=O.[CH2-]C.[Y].[Y]. The maximum Gasteiger partial charge on any atom is 0.254 e. The van der Waals surface area contributed by atoms with E-state index in [1.54, 1.807) is 13.1 Å². The minimum absolute atomic E-state index is 0. The summed E-state index contributed by atoms with van der Waals surface area (Å²) >= 11 is 0. The van der Waals surface area contributed by atoms with Gasteiger partial charge in [0.15, 0.2) is 0 Å². The molecule has 0 aliphatic heterocycles. The third-order valence-electron chi connectivity index (χ3n) is 1.32. The average Bonchev–Trinajstić information content (AvgIpc) is 2.08. The number of hydrogen-bond acceptors (Lipinski definition) is 2. The normalized spacial score (nSPS) is 7.36. The number of aromatic hydroxyl groups is 1. The molecule has 0 aliphatic carbocycles. The number of pyridine rings is 1. The molecular formula is C9H14NO2Y2-. The van der Waals surface area contributed by atoms with Crippen LogP contribution in [0.25, 0.3) is 0 Å². The Morgan fingerprint density at radius 2 is 1.93 bits per heavy atom. The van der Waals surface area contributed by atoms with E-state index in [1.807, 2.05) is 6.92 Å². The first-order valence-corrected chi connectivity index (χ1v) is 3.84. The first-order valence-electron chi connectivity index (χ1n) is 3.84. The summed E-state index contributed by atoms with van der Waals surface area (Å²) in [6.45, 7) is 7.51. The molecule has 0 bridgehead atoms. The second-order valence-corrected chi connectivity index (χ2v) is 2.01. The Bertz CT molecular complexity index is 286. The Balaban J connectivity index is -0.000000284. The molecule has 0 amide bonds. The molecule has 5 heteroatoms. The fourth-order valence-corrected chi connectivity index (χ4v) is 0.759. The molecule has 0 spiro atoms. The number of nitrogens with zero attached hydrogens (tertiary/aromatic N) is 1. The quantitative estimate of drug-likeness (QED) is 0.782. The molecule has 0 aromatic carbocycles. The van der Waals surface area contributed by atoms with Crippen LogP contribution in [0.4, 0.5) is 0 Å². The molecule has 1 aromatic heterocycles. The van der Waals surface area contributed by atoms with Crippen LogP contribution < -0.4 is 5.56 Å². The molecular weight excluding hydrogens is 332 g/mol. The van der Waals surface area contributed by atoms with Crippen molar-refractivity contribution < 1.29 is 70.5 Å². The standard InChI is InChI=1S/C7H9NO2.C2H5.2Y/c1-2-8-4-3-6(9)5-7(8)10;1-2;;/h3-5,9H,2H2,1H3;1H2,2H3;;/q;-1;;. The predicted molar refractivity (Wildman–Crippen MR) is 49.1 cm³/mol. The molecule has 0 saturated carbocycles. The van der Waals surface area contributed by atoms with E-state index < -0.39 is 0 Å². The topological polar surface area (TPSA) is 42.2 Å². The Morgan fingerprint density at radius 1 is 1.43 bits per heavy atom. The summed E-state index contributed by atoms with van der Waals surface area (Å²) in [5, 5.41) is 8.82. The van der Waals surface area contributed by atoms with Gasteiger partial charge in [-0.25, -0.2) is 0 Å². The molecule has 1 aromatic rings. The average molecular weight is 346 g/mol. The number of aromatic nitrogens is 1. The second kappa shape index (κ2) is 12.0. The molecule has 14 heavy (non-hydrogen) atoms. The van der Waals surface area contributed by atoms with Crippen molar-refractivity contribution in [1.82, 2.24) is 4.57 Å². The van der Waals surface area contributed by atoms with Gasteiger partial charge in [-0.2, -0.15) is 6.92 Å². The number of aryl methyl sites for hydroxylation is 1. The summed E-state index contributed by atoms with van der Waals surface area (Å²) in [7, 11) is 0. The summed E-state index contributed by atoms with van der Waals surface area (Å²) < 4.78 is 1.51. The Kier molecular flexibility index (Phi) is 17.5. The van der Waals surface area contributed by atoms with E-state index in [4.69, 9.17) is 5.11 Å². The summed E-state index contributed by atoms with van der Waals surface area (Å²) in [5.41, 5.74) is -0.164. The third kappa shape index (κ3) is 7.28. The van der Waals surface area contributed by atoms with E-state index in [0.29, 0.717) is 6.54 Å². The molecule has 2 radical (unpaired) electrons. The third-order valence-corrected chi connectivity index (χ3v) is 1.32. The number of hydrogen-bond donors (Lipinski definition) is 1. The largest absolute Gasteiger partial charge is 0.508 e. The van der Waals surface area contributed by atoms with Crippen LogP contribution in [0, 0.1) is 6.92 Å². The van der Waals surface area contributed by atoms with Crippen LogP contribution in [0.3, 0.4) is 0 Å². The molecule has 0 fully saturated rings. The van der Waals surface area contributed by atoms with Gasteiger partial charge in [0, 0.05) is 84.2 Å². The van der Waals surface area contributed by atoms with Crippen molar-refractivity contribution in [1.29, 1.82) is 0 Å². The Labute approximate surface area is 135 Å². The second-order valence-electron chi connectivity index (χ2n) is 2.01. The van der Waals surface area contributed by atoms with Crippen molar-refractivity contribution in [3.8, 4) is 5.75 Å². The van der Waals surface area contributed by atoms with Crippen molar-refractivity contribution in [2.75, 3.05) is 0 Å². The van der Waals surface area contributed by atoms with Gasteiger partial charge in [-0.05, 0) is 13.0 Å².